The maximum Gasteiger partial charge on any atom is 0.235 e. The van der Waals surface area contributed by atoms with Crippen molar-refractivity contribution in [2.45, 2.75) is 32.4 Å². The molecule has 0 aromatic rings. The molecule has 0 aromatic carbocycles. The lowest BCUT2D eigenvalue weighted by Crippen LogP contribution is -2.21. The van der Waals surface area contributed by atoms with E-state index < -0.39 is 14.3 Å². The Kier molecular flexibility index (Phi) is 3.66. The van der Waals surface area contributed by atoms with Gasteiger partial charge in [0, 0.05) is 10.7 Å². The van der Waals surface area contributed by atoms with Crippen LogP contribution >= 0.6 is 10.7 Å². The van der Waals surface area contributed by atoms with Crippen molar-refractivity contribution in [2.75, 3.05) is 0 Å². The Morgan fingerprint density at radius 2 is 1.80 bits per heavy atom. The fraction of sp³-hybridized carbons (Fsp3) is 1.00. The summed E-state index contributed by atoms with van der Waals surface area (Å²) in [6.45, 7) is 5.53. The van der Waals surface area contributed by atoms with Crippen LogP contribution in [0.5, 0.6) is 0 Å². The zero-order chi connectivity index (χ0) is 8.36. The van der Waals surface area contributed by atoms with E-state index in [4.69, 9.17) is 10.7 Å². The predicted molar refractivity (Wildman–Crippen MR) is 43.7 cm³/mol. The first kappa shape index (κ1) is 10.2. The third-order valence-corrected chi connectivity index (χ3v) is 3.80. The second kappa shape index (κ2) is 3.58. The van der Waals surface area contributed by atoms with E-state index in [2.05, 4.69) is 0 Å². The van der Waals surface area contributed by atoms with Crippen molar-refractivity contribution in [3.8, 4) is 0 Å². The molecule has 2 nitrogen and oxygen atoms in total. The molecule has 0 spiro atoms. The molecule has 0 aromatic heterocycles. The van der Waals surface area contributed by atoms with Crippen molar-refractivity contribution in [3.05, 3.63) is 0 Å². The van der Waals surface area contributed by atoms with Gasteiger partial charge in [-0.05, 0) is 12.3 Å². The van der Waals surface area contributed by atoms with E-state index in [0.717, 1.165) is 0 Å². The summed E-state index contributed by atoms with van der Waals surface area (Å²) in [4.78, 5) is 0. The zero-order valence-corrected chi connectivity index (χ0v) is 8.04. The van der Waals surface area contributed by atoms with Gasteiger partial charge in [0.05, 0.1) is 5.25 Å². The lowest BCUT2D eigenvalue weighted by atomic mass is 10.1. The van der Waals surface area contributed by atoms with Gasteiger partial charge in [-0.1, -0.05) is 20.8 Å². The molecule has 4 heteroatoms. The maximum atomic E-state index is 10.8. The molecule has 0 saturated heterocycles. The molecule has 0 radical (unpaired) electrons. The Hall–Kier alpha value is 0.240. The average molecular weight is 185 g/mol. The molecule has 0 rings (SSSR count). The highest BCUT2D eigenvalue weighted by Gasteiger charge is 2.23. The molecular weight excluding hydrogens is 172 g/mol. The standard InChI is InChI=1S/C6H13ClO2S/c1-4-6(5(2)3)10(7,8)9/h5-6H,4H2,1-3H3. The van der Waals surface area contributed by atoms with Gasteiger partial charge in [-0.25, -0.2) is 8.42 Å². The molecule has 1 unspecified atom stereocenters. The molecule has 0 N–H and O–H groups in total. The second-order valence-corrected chi connectivity index (χ2v) is 5.51. The van der Waals surface area contributed by atoms with Gasteiger partial charge in [0.15, 0.2) is 0 Å². The van der Waals surface area contributed by atoms with Gasteiger partial charge in [0.25, 0.3) is 0 Å². The van der Waals surface area contributed by atoms with E-state index in [1.807, 2.05) is 20.8 Å². The number of halogens is 1. The molecule has 10 heavy (non-hydrogen) atoms. The van der Waals surface area contributed by atoms with Crippen molar-refractivity contribution in [1.29, 1.82) is 0 Å². The van der Waals surface area contributed by atoms with Crippen molar-refractivity contribution < 1.29 is 8.42 Å². The van der Waals surface area contributed by atoms with Crippen LogP contribution in [0.3, 0.4) is 0 Å². The van der Waals surface area contributed by atoms with Crippen LogP contribution in [0.4, 0.5) is 0 Å². The molecule has 0 fully saturated rings. The van der Waals surface area contributed by atoms with E-state index in [1.165, 1.54) is 0 Å². The molecule has 0 amide bonds. The summed E-state index contributed by atoms with van der Waals surface area (Å²) in [6.07, 6.45) is 0.587. The second-order valence-electron chi connectivity index (χ2n) is 2.67. The molecule has 0 aliphatic heterocycles. The van der Waals surface area contributed by atoms with Gasteiger partial charge >= 0.3 is 0 Å². The van der Waals surface area contributed by atoms with Crippen LogP contribution in [0.2, 0.25) is 0 Å². The third kappa shape index (κ3) is 2.88. The van der Waals surface area contributed by atoms with Gasteiger partial charge in [-0.15, -0.1) is 0 Å². The minimum atomic E-state index is -3.34. The Bertz CT molecular complexity index is 184. The largest absolute Gasteiger partial charge is 0.235 e. The van der Waals surface area contributed by atoms with Gasteiger partial charge in [0.1, 0.15) is 0 Å². The fourth-order valence-corrected chi connectivity index (χ4v) is 3.04. The van der Waals surface area contributed by atoms with Crippen molar-refractivity contribution in [3.63, 3.8) is 0 Å². The summed E-state index contributed by atoms with van der Waals surface area (Å²) < 4.78 is 21.5. The van der Waals surface area contributed by atoms with Gasteiger partial charge < -0.3 is 0 Å². The number of hydrogen-bond acceptors (Lipinski definition) is 2. The molecule has 1 atom stereocenters. The summed E-state index contributed by atoms with van der Waals surface area (Å²) in [7, 11) is 1.82. The van der Waals surface area contributed by atoms with Crippen molar-refractivity contribution in [1.82, 2.24) is 0 Å². The van der Waals surface area contributed by atoms with Crippen LogP contribution in [0.1, 0.15) is 27.2 Å². The van der Waals surface area contributed by atoms with Crippen LogP contribution < -0.4 is 0 Å². The minimum absolute atomic E-state index is 0.104. The van der Waals surface area contributed by atoms with Gasteiger partial charge in [0.2, 0.25) is 9.05 Å². The summed E-state index contributed by atoms with van der Waals surface area (Å²) >= 11 is 0. The van der Waals surface area contributed by atoms with E-state index in [-0.39, 0.29) is 5.92 Å². The van der Waals surface area contributed by atoms with E-state index in [9.17, 15) is 8.42 Å². The molecule has 0 saturated carbocycles. The van der Waals surface area contributed by atoms with Crippen LogP contribution in [0, 0.1) is 5.92 Å². The first-order valence-corrected chi connectivity index (χ1v) is 5.70. The highest BCUT2D eigenvalue weighted by molar-refractivity contribution is 8.14. The highest BCUT2D eigenvalue weighted by Crippen LogP contribution is 2.18. The van der Waals surface area contributed by atoms with Crippen LogP contribution in [-0.2, 0) is 9.05 Å². The number of hydrogen-bond donors (Lipinski definition) is 0. The average Bonchev–Trinajstić information content (AvgIpc) is 1.60. The van der Waals surface area contributed by atoms with Crippen molar-refractivity contribution >= 4 is 19.7 Å². The lowest BCUT2D eigenvalue weighted by Gasteiger charge is -2.13. The Morgan fingerprint density at radius 1 is 1.40 bits per heavy atom. The first-order valence-electron chi connectivity index (χ1n) is 3.33. The van der Waals surface area contributed by atoms with E-state index in [0.29, 0.717) is 6.42 Å². The van der Waals surface area contributed by atoms with Gasteiger partial charge in [-0.3, -0.25) is 0 Å². The Labute approximate surface area is 67.0 Å². The SMILES string of the molecule is CCC(C(C)C)S(=O)(=O)Cl. The predicted octanol–water partition coefficient (Wildman–Crippen LogP) is 1.99. The Morgan fingerprint density at radius 3 is 1.80 bits per heavy atom. The van der Waals surface area contributed by atoms with E-state index in [1.54, 1.807) is 0 Å². The molecular formula is C6H13ClO2S. The topological polar surface area (TPSA) is 34.1 Å². The number of rotatable bonds is 3. The Balaban J connectivity index is 4.38. The minimum Gasteiger partial charge on any atom is -0.212 e. The molecule has 0 heterocycles. The smallest absolute Gasteiger partial charge is 0.212 e. The lowest BCUT2D eigenvalue weighted by molar-refractivity contribution is 0.533. The van der Waals surface area contributed by atoms with Crippen LogP contribution in [-0.4, -0.2) is 13.7 Å². The molecule has 0 aliphatic carbocycles. The van der Waals surface area contributed by atoms with Crippen LogP contribution in [0.25, 0.3) is 0 Å². The monoisotopic (exact) mass is 184 g/mol. The molecule has 62 valence electrons. The van der Waals surface area contributed by atoms with Gasteiger partial charge in [-0.2, -0.15) is 0 Å². The zero-order valence-electron chi connectivity index (χ0n) is 6.46. The first-order chi connectivity index (χ1) is 4.39. The van der Waals surface area contributed by atoms with Crippen LogP contribution in [0.15, 0.2) is 0 Å². The normalized spacial score (nSPS) is 15.7. The third-order valence-electron chi connectivity index (χ3n) is 1.51. The maximum absolute atomic E-state index is 10.8. The molecule has 0 aliphatic rings. The summed E-state index contributed by atoms with van der Waals surface area (Å²) in [5.41, 5.74) is 0. The highest BCUT2D eigenvalue weighted by atomic mass is 35.7. The summed E-state index contributed by atoms with van der Waals surface area (Å²) in [5, 5.41) is -0.394. The summed E-state index contributed by atoms with van der Waals surface area (Å²) in [5.74, 6) is 0.104. The van der Waals surface area contributed by atoms with Crippen molar-refractivity contribution in [2.24, 2.45) is 5.92 Å². The summed E-state index contributed by atoms with van der Waals surface area (Å²) in [6, 6.07) is 0. The quantitative estimate of drug-likeness (QED) is 0.629. The molecule has 0 bridgehead atoms. The fourth-order valence-electron chi connectivity index (χ4n) is 0.996. The van der Waals surface area contributed by atoms with E-state index >= 15 is 0 Å².